The molecule has 0 aliphatic rings. The summed E-state index contributed by atoms with van der Waals surface area (Å²) in [5, 5.41) is 42.3. The number of hydrogen-bond acceptors (Lipinski definition) is 22. The second kappa shape index (κ2) is 42.0. The van der Waals surface area contributed by atoms with E-state index in [1.165, 1.54) is 6.07 Å². The number of aliphatic hydroxyl groups excluding tert-OH is 1. The van der Waals surface area contributed by atoms with Crippen LogP contribution in [0.15, 0.2) is 87.5 Å². The van der Waals surface area contributed by atoms with Gasteiger partial charge in [-0.2, -0.15) is 8.67 Å². The van der Waals surface area contributed by atoms with Crippen LogP contribution in [0.5, 0.6) is 0 Å². The Morgan fingerprint density at radius 3 is 1.56 bits per heavy atom. The molecule has 0 unspecified atom stereocenters. The molecule has 0 atom stereocenters. The van der Waals surface area contributed by atoms with Gasteiger partial charge in [0.2, 0.25) is 0 Å². The van der Waals surface area contributed by atoms with Crippen LogP contribution >= 0.6 is 32.7 Å². The molecule has 0 aliphatic heterocycles. The maximum absolute atomic E-state index is 12.2. The molecule has 2 N–H and O–H groups in total. The molecule has 0 bridgehead atoms. The molecule has 0 fully saturated rings. The molecule has 0 amide bonds. The van der Waals surface area contributed by atoms with Crippen LogP contribution in [0.25, 0.3) is 32.3 Å². The van der Waals surface area contributed by atoms with Gasteiger partial charge in [-0.15, -0.1) is 8.58 Å². The fourth-order valence-electron chi connectivity index (χ4n) is 5.27. The van der Waals surface area contributed by atoms with E-state index in [2.05, 4.69) is 57.1 Å². The van der Waals surface area contributed by atoms with Gasteiger partial charge in [0.1, 0.15) is 29.6 Å². The van der Waals surface area contributed by atoms with Gasteiger partial charge in [-0.3, -0.25) is 10.1 Å². The Kier molecular flexibility index (Phi) is 43.8. The van der Waals surface area contributed by atoms with Gasteiger partial charge in [-0.05, 0) is 75.2 Å². The smallest absolute Gasteiger partial charge is 0.744 e. The van der Waals surface area contributed by atoms with Gasteiger partial charge in [0.05, 0.1) is 68.6 Å². The van der Waals surface area contributed by atoms with Crippen molar-refractivity contribution in [3.8, 4) is 0 Å². The van der Waals surface area contributed by atoms with Crippen LogP contribution in [0.3, 0.4) is 0 Å². The van der Waals surface area contributed by atoms with Crippen LogP contribution in [0, 0.1) is 0 Å². The average Bonchev–Trinajstić information content (AvgIpc) is 3.29. The number of rotatable bonds is 27. The first-order valence-corrected chi connectivity index (χ1v) is 24.8. The third kappa shape index (κ3) is 27.3. The van der Waals surface area contributed by atoms with Crippen LogP contribution in [0.1, 0.15) is 40.0 Å². The molecule has 4 aromatic carbocycles. The van der Waals surface area contributed by atoms with Crippen molar-refractivity contribution in [3.63, 3.8) is 0 Å². The summed E-state index contributed by atoms with van der Waals surface area (Å²) in [5.41, 5.74) is 1.63. The maximum Gasteiger partial charge on any atom is 1.00 e. The van der Waals surface area contributed by atoms with Crippen molar-refractivity contribution in [1.29, 1.82) is 0 Å². The number of carbonyl (C=O) groups excluding carboxylic acids is 4. The molecule has 20 nitrogen and oxygen atoms in total. The number of esters is 3. The first-order valence-electron chi connectivity index (χ1n) is 20.0. The Balaban J connectivity index is -0.00000123. The molecule has 0 aromatic heterocycles. The number of hydrogen-bond donors (Lipinski definition) is 2. The summed E-state index contributed by atoms with van der Waals surface area (Å²) in [6.07, 6.45) is 2.90. The number of carbonyl (C=O) groups is 4. The molecule has 0 aliphatic carbocycles. The van der Waals surface area contributed by atoms with Crippen LogP contribution in [-0.4, -0.2) is 115 Å². The molecule has 0 saturated carbocycles. The number of ether oxygens (including phenoxy) is 5. The van der Waals surface area contributed by atoms with Gasteiger partial charge in [-0.1, -0.05) is 44.0 Å². The third-order valence-corrected chi connectivity index (χ3v) is 10.2. The minimum atomic E-state index is -4.94. The normalized spacial score (nSPS) is 10.3. The van der Waals surface area contributed by atoms with Crippen molar-refractivity contribution < 1.29 is 179 Å². The van der Waals surface area contributed by atoms with Gasteiger partial charge in [0.25, 0.3) is 0 Å². The van der Waals surface area contributed by atoms with Crippen LogP contribution < -0.4 is 105 Å². The zero-order valence-electron chi connectivity index (χ0n) is 40.7. The fourth-order valence-corrected chi connectivity index (χ4v) is 7.10. The van der Waals surface area contributed by atoms with Crippen LogP contribution in [-0.2, 0) is 71.7 Å². The van der Waals surface area contributed by atoms with E-state index in [4.69, 9.17) is 28.8 Å². The summed E-state index contributed by atoms with van der Waals surface area (Å²) in [6, 6.07) is 9.33. The van der Waals surface area contributed by atoms with Gasteiger partial charge in [-0.25, -0.2) is 22.8 Å². The van der Waals surface area contributed by atoms with Gasteiger partial charge in [0.15, 0.2) is 0 Å². The maximum atomic E-state index is 12.2. The Hall–Kier alpha value is -1.30. The predicted octanol–water partition coefficient (Wildman–Crippen LogP) is -3.98. The zero-order chi connectivity index (χ0) is 50.4. The molecule has 0 heterocycles. The van der Waals surface area contributed by atoms with Crippen molar-refractivity contribution in [2.75, 3.05) is 78.0 Å². The van der Waals surface area contributed by atoms with E-state index in [9.17, 15) is 42.7 Å². The first-order chi connectivity index (χ1) is 31.9. The number of aldehydes is 1. The Labute approximate surface area is 484 Å². The second-order valence-electron chi connectivity index (χ2n) is 13.5. The Bertz CT molecular complexity index is 2350. The standard InChI is InChI=1S/C24H23NO12S3.C9H14O3.C8H14O4.C2H7P.3Na/c1-13(2)24(26)33-10-9-32-8-7-25-18-11-19(38-36-34-27)15-4-5-16-20(39-37-35-28)12-21(40(29,30)31)17-6-3-14(18)22(15)23(16)17;1-8(2)9(11)12-7-5-3-4-6-10;1-7(2)8(10)12-6-5-11-4-3-9;1-3-2;;;/h3-6,11-12,25,27-28H,1,7-10H2,2H3,(H,29,30,31);6H,1,3-5,7H2,2H3;9H,1,3-6H2,2H3;3H,1-2H3;;;/q;;;;3*+1/p-3. The van der Waals surface area contributed by atoms with E-state index in [-0.39, 0.29) is 150 Å². The minimum absolute atomic E-state index is 0. The largest absolute Gasteiger partial charge is 1.00 e. The number of nitrogens with one attached hydrogen (secondary N) is 1. The SMILES string of the molecule is C=C(C)C(=O)OCCCCC=O.C=C(C)C(=O)OCCOCCNc1cc(SOO[O-])c2ccc3c(SOO[O-])cc(S(=O)(=O)[O-])c4ccc1c2c34.C=C(C)C(=O)OCCOCCO.CPC.[Na+].[Na+].[Na+]. The number of anilines is 1. The molecule has 4 aromatic rings. The average molecular weight is 1090 g/mol. The number of aliphatic hydroxyl groups is 1. The van der Waals surface area contributed by atoms with Crippen molar-refractivity contribution in [1.82, 2.24) is 0 Å². The molecular formula is C43H55NNa3O19PS3. The van der Waals surface area contributed by atoms with Crippen molar-refractivity contribution in [2.45, 2.75) is 54.7 Å². The van der Waals surface area contributed by atoms with Crippen molar-refractivity contribution >= 4 is 105 Å². The third-order valence-electron chi connectivity index (χ3n) is 8.07. The van der Waals surface area contributed by atoms with E-state index in [0.717, 1.165) is 33.8 Å². The number of unbranched alkanes of at least 4 members (excludes halogenated alkanes) is 2. The van der Waals surface area contributed by atoms with E-state index in [1.807, 2.05) is 0 Å². The molecule has 0 saturated heterocycles. The van der Waals surface area contributed by atoms with E-state index in [1.54, 1.807) is 45.0 Å². The zero-order valence-corrected chi connectivity index (χ0v) is 50.1. The van der Waals surface area contributed by atoms with Gasteiger partial charge >= 0.3 is 107 Å². The monoisotopic (exact) mass is 1090 g/mol. The molecule has 70 heavy (non-hydrogen) atoms. The summed E-state index contributed by atoms with van der Waals surface area (Å²) in [7, 11) is -3.86. The van der Waals surface area contributed by atoms with Crippen LogP contribution in [0.4, 0.5) is 5.69 Å². The molecular weight excluding hydrogens is 1030 g/mol. The molecule has 27 heteroatoms. The van der Waals surface area contributed by atoms with E-state index in [0.29, 0.717) is 98.9 Å². The topological polar surface area (TPSA) is 287 Å². The van der Waals surface area contributed by atoms with Crippen molar-refractivity contribution in [3.05, 3.63) is 72.9 Å². The summed E-state index contributed by atoms with van der Waals surface area (Å²) in [6.45, 7) is 21.3. The Morgan fingerprint density at radius 2 is 1.11 bits per heavy atom. The summed E-state index contributed by atoms with van der Waals surface area (Å²) < 4.78 is 70.3. The summed E-state index contributed by atoms with van der Waals surface area (Å²) >= 11 is 1.09. The van der Waals surface area contributed by atoms with E-state index < -0.39 is 27.0 Å². The molecule has 4 rings (SSSR count). The predicted molar refractivity (Wildman–Crippen MR) is 249 cm³/mol. The second-order valence-corrected chi connectivity index (χ2v) is 17.4. The quantitative estimate of drug-likeness (QED) is 0.00468. The van der Waals surface area contributed by atoms with Gasteiger partial charge in [0, 0.05) is 61.3 Å². The van der Waals surface area contributed by atoms with E-state index >= 15 is 0 Å². The Morgan fingerprint density at radius 1 is 0.686 bits per heavy atom. The molecule has 0 radical (unpaired) electrons. The van der Waals surface area contributed by atoms with Crippen molar-refractivity contribution in [2.24, 2.45) is 0 Å². The molecule has 0 spiro atoms. The summed E-state index contributed by atoms with van der Waals surface area (Å²) in [5.74, 6) is -1.28. The number of benzene rings is 4. The first kappa shape index (κ1) is 72.9. The van der Waals surface area contributed by atoms with Crippen LogP contribution in [0.2, 0.25) is 0 Å². The fraction of sp³-hybridized carbons (Fsp3) is 0.395. The molecule has 372 valence electrons. The minimum Gasteiger partial charge on any atom is -0.744 e. The summed E-state index contributed by atoms with van der Waals surface area (Å²) in [4.78, 5) is 42.9. The van der Waals surface area contributed by atoms with Gasteiger partial charge < -0.3 is 54.0 Å².